The van der Waals surface area contributed by atoms with Crippen molar-refractivity contribution in [2.75, 3.05) is 19.0 Å². The highest BCUT2D eigenvalue weighted by molar-refractivity contribution is 14.1. The maximum atomic E-state index is 12.6. The molecule has 2 aromatic rings. The number of methoxy groups -OCH3 is 1. The van der Waals surface area contributed by atoms with Gasteiger partial charge < -0.3 is 24.8 Å². The number of rotatable bonds is 9. The van der Waals surface area contributed by atoms with Crippen LogP contribution in [0.25, 0.3) is 11.0 Å². The molecule has 1 amide bonds. The standard InChI is InChI=1S/C26H41IN4O5Si/c1-26(2,3)36-25(33)30-18-10-8-17(9-11-18)29-22-19-14-21(27)31(16-35-12-13-37(5,6)7)23(19)28-15-20(22)24(32)34-4/h14-15,17-18H,8-13,16H2,1-7H3,(H,28,29)(H,30,33). The summed E-state index contributed by atoms with van der Waals surface area (Å²) in [6.45, 7) is 13.7. The lowest BCUT2D eigenvalue weighted by Crippen LogP contribution is -2.42. The quantitative estimate of drug-likeness (QED) is 0.150. The highest BCUT2D eigenvalue weighted by Gasteiger charge is 2.27. The number of halogens is 1. The number of carbonyl (C=O) groups excluding carboxylic acids is 2. The van der Waals surface area contributed by atoms with Crippen LogP contribution in [0.15, 0.2) is 12.3 Å². The molecule has 1 fully saturated rings. The van der Waals surface area contributed by atoms with E-state index in [1.165, 1.54) is 7.11 Å². The van der Waals surface area contributed by atoms with Crippen LogP contribution in [0.5, 0.6) is 0 Å². The van der Waals surface area contributed by atoms with Crippen LogP contribution in [0.1, 0.15) is 56.8 Å². The van der Waals surface area contributed by atoms with Crippen molar-refractivity contribution < 1.29 is 23.8 Å². The summed E-state index contributed by atoms with van der Waals surface area (Å²) in [5.74, 6) is -0.425. The SMILES string of the molecule is COC(=O)c1cnc2c(cc(I)n2COCC[Si](C)(C)C)c1NC1CCC(NC(=O)OC(C)(C)C)CC1. The Morgan fingerprint density at radius 3 is 2.41 bits per heavy atom. The van der Waals surface area contributed by atoms with E-state index < -0.39 is 19.6 Å². The predicted molar refractivity (Wildman–Crippen MR) is 157 cm³/mol. The first-order valence-corrected chi connectivity index (χ1v) is 17.7. The Labute approximate surface area is 234 Å². The van der Waals surface area contributed by atoms with Crippen LogP contribution in [0.4, 0.5) is 10.5 Å². The van der Waals surface area contributed by atoms with Crippen LogP contribution in [0, 0.1) is 3.70 Å². The van der Waals surface area contributed by atoms with Gasteiger partial charge in [0.1, 0.15) is 23.5 Å². The third-order valence-electron chi connectivity index (χ3n) is 6.29. The molecule has 37 heavy (non-hydrogen) atoms. The number of ether oxygens (including phenoxy) is 3. The number of nitrogens with one attached hydrogen (secondary N) is 2. The average Bonchev–Trinajstić information content (AvgIpc) is 3.11. The molecule has 3 rings (SSSR count). The van der Waals surface area contributed by atoms with Gasteiger partial charge >= 0.3 is 12.1 Å². The van der Waals surface area contributed by atoms with Crippen molar-refractivity contribution in [1.29, 1.82) is 0 Å². The molecular weight excluding hydrogens is 603 g/mol. The molecule has 1 saturated carbocycles. The zero-order chi connectivity index (χ0) is 27.4. The van der Waals surface area contributed by atoms with Crippen molar-refractivity contribution in [2.24, 2.45) is 0 Å². The number of hydrogen-bond acceptors (Lipinski definition) is 7. The first-order valence-electron chi connectivity index (χ1n) is 12.9. The van der Waals surface area contributed by atoms with E-state index in [1.54, 1.807) is 6.20 Å². The van der Waals surface area contributed by atoms with Crippen LogP contribution >= 0.6 is 22.6 Å². The second kappa shape index (κ2) is 12.3. The Morgan fingerprint density at radius 1 is 1.16 bits per heavy atom. The smallest absolute Gasteiger partial charge is 0.407 e. The van der Waals surface area contributed by atoms with Gasteiger partial charge in [0.2, 0.25) is 0 Å². The van der Waals surface area contributed by atoms with Crippen LogP contribution in [-0.2, 0) is 20.9 Å². The summed E-state index contributed by atoms with van der Waals surface area (Å²) in [7, 11) is 0.207. The van der Waals surface area contributed by atoms with Gasteiger partial charge in [-0.3, -0.25) is 4.57 Å². The number of aromatic nitrogens is 2. The highest BCUT2D eigenvalue weighted by Crippen LogP contribution is 2.33. The van der Waals surface area contributed by atoms with Crippen LogP contribution in [0.2, 0.25) is 25.7 Å². The Kier molecular flexibility index (Phi) is 9.89. The number of pyridine rings is 1. The van der Waals surface area contributed by atoms with Gasteiger partial charge in [0.15, 0.2) is 0 Å². The number of alkyl carbamates (subject to hydrolysis) is 1. The Balaban J connectivity index is 1.74. The Morgan fingerprint density at radius 2 is 1.81 bits per heavy atom. The van der Waals surface area contributed by atoms with E-state index in [0.29, 0.717) is 12.3 Å². The lowest BCUT2D eigenvalue weighted by atomic mass is 9.91. The maximum absolute atomic E-state index is 12.6. The summed E-state index contributed by atoms with van der Waals surface area (Å²) < 4.78 is 19.5. The van der Waals surface area contributed by atoms with Gasteiger partial charge in [0.05, 0.1) is 16.5 Å². The van der Waals surface area contributed by atoms with E-state index in [9.17, 15) is 9.59 Å². The third-order valence-corrected chi connectivity index (χ3v) is 8.89. The van der Waals surface area contributed by atoms with Crippen LogP contribution in [-0.4, -0.2) is 61.1 Å². The first-order chi connectivity index (χ1) is 17.3. The first kappa shape index (κ1) is 29.7. The van der Waals surface area contributed by atoms with Crippen LogP contribution in [0.3, 0.4) is 0 Å². The van der Waals surface area contributed by atoms with Crippen molar-refractivity contribution in [3.8, 4) is 0 Å². The minimum Gasteiger partial charge on any atom is -0.465 e. The molecule has 0 radical (unpaired) electrons. The Bertz CT molecular complexity index is 1100. The van der Waals surface area contributed by atoms with E-state index in [0.717, 1.165) is 58.8 Å². The van der Waals surface area contributed by atoms with Crippen molar-refractivity contribution in [2.45, 2.75) is 96.6 Å². The van der Waals surface area contributed by atoms with Crippen molar-refractivity contribution in [3.05, 3.63) is 21.5 Å². The fourth-order valence-electron chi connectivity index (χ4n) is 4.30. The molecule has 1 aliphatic carbocycles. The summed E-state index contributed by atoms with van der Waals surface area (Å²) >= 11 is 2.29. The fourth-order valence-corrected chi connectivity index (χ4v) is 5.74. The third kappa shape index (κ3) is 8.57. The van der Waals surface area contributed by atoms with E-state index in [1.807, 2.05) is 31.4 Å². The molecule has 0 unspecified atom stereocenters. The van der Waals surface area contributed by atoms with E-state index in [2.05, 4.69) is 57.8 Å². The molecule has 11 heteroatoms. The van der Waals surface area contributed by atoms with Crippen molar-refractivity contribution in [1.82, 2.24) is 14.9 Å². The second-order valence-corrected chi connectivity index (χ2v) is 18.6. The molecule has 2 N–H and O–H groups in total. The highest BCUT2D eigenvalue weighted by atomic mass is 127. The fraction of sp³-hybridized carbons (Fsp3) is 0.654. The van der Waals surface area contributed by atoms with Crippen molar-refractivity contribution >= 4 is 59.4 Å². The molecular formula is C26H41IN4O5Si. The van der Waals surface area contributed by atoms with Crippen LogP contribution < -0.4 is 10.6 Å². The Hall–Kier alpha value is -1.86. The lowest BCUT2D eigenvalue weighted by molar-refractivity contribution is 0.0491. The molecule has 0 atom stereocenters. The molecule has 2 aromatic heterocycles. The minimum absolute atomic E-state index is 0.0702. The van der Waals surface area contributed by atoms with Gasteiger partial charge in [-0.25, -0.2) is 14.6 Å². The number of esters is 1. The number of hydrogen-bond donors (Lipinski definition) is 2. The van der Waals surface area contributed by atoms with Gasteiger partial charge in [-0.15, -0.1) is 0 Å². The summed E-state index contributed by atoms with van der Waals surface area (Å²) in [5.41, 5.74) is 1.40. The molecule has 0 aromatic carbocycles. The number of fused-ring (bicyclic) bond motifs is 1. The molecule has 206 valence electrons. The molecule has 9 nitrogen and oxygen atoms in total. The normalized spacial score (nSPS) is 18.5. The molecule has 0 bridgehead atoms. The van der Waals surface area contributed by atoms with E-state index in [-0.39, 0.29) is 18.2 Å². The monoisotopic (exact) mass is 644 g/mol. The zero-order valence-corrected chi connectivity index (χ0v) is 26.2. The average molecular weight is 645 g/mol. The van der Waals surface area contributed by atoms with Gasteiger partial charge in [0.25, 0.3) is 0 Å². The molecule has 1 aliphatic rings. The van der Waals surface area contributed by atoms with Gasteiger partial charge in [0, 0.05) is 38.3 Å². The van der Waals surface area contributed by atoms with E-state index in [4.69, 9.17) is 14.2 Å². The van der Waals surface area contributed by atoms with E-state index >= 15 is 0 Å². The number of nitrogens with zero attached hydrogens (tertiary/aromatic N) is 2. The van der Waals surface area contributed by atoms with Crippen molar-refractivity contribution in [3.63, 3.8) is 0 Å². The summed E-state index contributed by atoms with van der Waals surface area (Å²) in [6.07, 6.45) is 4.55. The maximum Gasteiger partial charge on any atom is 0.407 e. The largest absolute Gasteiger partial charge is 0.465 e. The number of carbonyl (C=O) groups is 2. The number of anilines is 1. The molecule has 2 heterocycles. The summed E-state index contributed by atoms with van der Waals surface area (Å²) in [6, 6.07) is 3.36. The van der Waals surface area contributed by atoms with Gasteiger partial charge in [-0.1, -0.05) is 19.6 Å². The summed E-state index contributed by atoms with van der Waals surface area (Å²) in [5, 5.41) is 7.46. The van der Waals surface area contributed by atoms with Gasteiger partial charge in [-0.05, 0) is 81.2 Å². The molecule has 0 aliphatic heterocycles. The zero-order valence-electron chi connectivity index (χ0n) is 23.1. The topological polar surface area (TPSA) is 104 Å². The predicted octanol–water partition coefficient (Wildman–Crippen LogP) is 5.99. The minimum atomic E-state index is -1.17. The number of amides is 1. The molecule has 0 saturated heterocycles. The lowest BCUT2D eigenvalue weighted by Gasteiger charge is -2.31. The second-order valence-electron chi connectivity index (χ2n) is 11.9. The van der Waals surface area contributed by atoms with Gasteiger partial charge in [-0.2, -0.15) is 0 Å². The summed E-state index contributed by atoms with van der Waals surface area (Å²) in [4.78, 5) is 29.4. The molecule has 0 spiro atoms.